The summed E-state index contributed by atoms with van der Waals surface area (Å²) in [4.78, 5) is 5.55. The van der Waals surface area contributed by atoms with Gasteiger partial charge in [0.05, 0.1) is 4.90 Å². The minimum Gasteiger partial charge on any atom is -0.508 e. The summed E-state index contributed by atoms with van der Waals surface area (Å²) in [6, 6.07) is 14.2. The first-order chi connectivity index (χ1) is 12.5. The molecule has 3 aromatic rings. The number of nitrogens with one attached hydrogen (secondary N) is 1. The Bertz CT molecular complexity index is 1010. The number of rotatable bonds is 3. The molecule has 0 aliphatic carbocycles. The molecule has 2 heterocycles. The lowest BCUT2D eigenvalue weighted by Gasteiger charge is -2.23. The van der Waals surface area contributed by atoms with Crippen molar-refractivity contribution in [1.82, 2.24) is 9.29 Å². The molecule has 1 aromatic heterocycles. The number of phenols is 1. The zero-order valence-electron chi connectivity index (χ0n) is 14.3. The van der Waals surface area contributed by atoms with Crippen LogP contribution >= 0.6 is 0 Å². The molecule has 0 saturated carbocycles. The van der Waals surface area contributed by atoms with Crippen molar-refractivity contribution in [1.29, 1.82) is 0 Å². The topological polar surface area (TPSA) is 76.6 Å². The first-order valence-electron chi connectivity index (χ1n) is 8.65. The molecule has 0 spiro atoms. The Morgan fingerprint density at radius 1 is 0.923 bits per heavy atom. The molecule has 0 atom stereocenters. The molecular weight excluding hydrogens is 350 g/mol. The fourth-order valence-electron chi connectivity index (χ4n) is 3.39. The second kappa shape index (κ2) is 6.66. The van der Waals surface area contributed by atoms with E-state index in [1.807, 2.05) is 30.5 Å². The standard InChI is InChI=1S/C19H21N3O3S/c23-17-5-3-16(4-6-17)21-10-1-11-22(13-12-21)26(24,25)18-7-2-15-8-9-20-19(15)14-18/h2-9,14,20,23H,1,10-13H2. The number of phenolic OH excluding ortho intramolecular Hbond substituents is 1. The molecule has 4 rings (SSSR count). The van der Waals surface area contributed by atoms with Gasteiger partial charge in [0.1, 0.15) is 5.75 Å². The van der Waals surface area contributed by atoms with Crippen LogP contribution in [0.5, 0.6) is 5.75 Å². The summed E-state index contributed by atoms with van der Waals surface area (Å²) in [6.07, 6.45) is 2.56. The van der Waals surface area contributed by atoms with E-state index in [4.69, 9.17) is 0 Å². The van der Waals surface area contributed by atoms with Crippen LogP contribution in [0.15, 0.2) is 59.6 Å². The number of aromatic hydroxyl groups is 1. The van der Waals surface area contributed by atoms with Crippen molar-refractivity contribution in [3.8, 4) is 5.75 Å². The van der Waals surface area contributed by atoms with Gasteiger partial charge in [-0.05, 0) is 54.3 Å². The Morgan fingerprint density at radius 2 is 1.73 bits per heavy atom. The van der Waals surface area contributed by atoms with Crippen LogP contribution in [-0.4, -0.2) is 49.0 Å². The van der Waals surface area contributed by atoms with Crippen molar-refractivity contribution in [3.05, 3.63) is 54.7 Å². The molecule has 136 valence electrons. The monoisotopic (exact) mass is 371 g/mol. The van der Waals surface area contributed by atoms with Gasteiger partial charge < -0.3 is 15.0 Å². The van der Waals surface area contributed by atoms with Gasteiger partial charge >= 0.3 is 0 Å². The molecule has 2 N–H and O–H groups in total. The van der Waals surface area contributed by atoms with Crippen LogP contribution in [0, 0.1) is 0 Å². The van der Waals surface area contributed by atoms with E-state index in [2.05, 4.69) is 9.88 Å². The molecule has 2 aromatic carbocycles. The maximum absolute atomic E-state index is 13.1. The molecule has 1 fully saturated rings. The summed E-state index contributed by atoms with van der Waals surface area (Å²) in [6.45, 7) is 2.34. The predicted octanol–water partition coefficient (Wildman–Crippen LogP) is 2.77. The number of hydrogen-bond acceptors (Lipinski definition) is 4. The smallest absolute Gasteiger partial charge is 0.243 e. The van der Waals surface area contributed by atoms with Crippen molar-refractivity contribution in [2.75, 3.05) is 31.1 Å². The van der Waals surface area contributed by atoms with E-state index in [9.17, 15) is 13.5 Å². The first kappa shape index (κ1) is 16.9. The Morgan fingerprint density at radius 3 is 2.54 bits per heavy atom. The number of nitrogens with zero attached hydrogens (tertiary/aromatic N) is 2. The van der Waals surface area contributed by atoms with Crippen molar-refractivity contribution in [2.24, 2.45) is 0 Å². The van der Waals surface area contributed by atoms with E-state index in [0.29, 0.717) is 24.5 Å². The van der Waals surface area contributed by atoms with Crippen LogP contribution in [0.25, 0.3) is 10.9 Å². The third-order valence-corrected chi connectivity index (χ3v) is 6.73. The zero-order valence-corrected chi connectivity index (χ0v) is 15.1. The van der Waals surface area contributed by atoms with Gasteiger partial charge in [-0.2, -0.15) is 4.31 Å². The molecule has 0 amide bonds. The number of aromatic nitrogens is 1. The average molecular weight is 371 g/mol. The summed E-state index contributed by atoms with van der Waals surface area (Å²) >= 11 is 0. The number of sulfonamides is 1. The van der Waals surface area contributed by atoms with Gasteiger partial charge in [-0.3, -0.25) is 0 Å². The lowest BCUT2D eigenvalue weighted by atomic mass is 10.2. The van der Waals surface area contributed by atoms with Gasteiger partial charge in [-0.15, -0.1) is 0 Å². The lowest BCUT2D eigenvalue weighted by Crippen LogP contribution is -2.35. The van der Waals surface area contributed by atoms with Crippen LogP contribution in [0.1, 0.15) is 6.42 Å². The summed E-state index contributed by atoms with van der Waals surface area (Å²) < 4.78 is 27.7. The van der Waals surface area contributed by atoms with Crippen molar-refractivity contribution in [3.63, 3.8) is 0 Å². The fraction of sp³-hybridized carbons (Fsp3) is 0.263. The molecule has 0 radical (unpaired) electrons. The van der Waals surface area contributed by atoms with Gasteiger partial charge in [-0.1, -0.05) is 6.07 Å². The largest absolute Gasteiger partial charge is 0.508 e. The van der Waals surface area contributed by atoms with E-state index < -0.39 is 10.0 Å². The van der Waals surface area contributed by atoms with Gasteiger partial charge in [-0.25, -0.2) is 8.42 Å². The highest BCUT2D eigenvalue weighted by atomic mass is 32.2. The Kier molecular flexibility index (Phi) is 4.34. The highest BCUT2D eigenvalue weighted by Crippen LogP contribution is 2.24. The Hall–Kier alpha value is -2.51. The van der Waals surface area contributed by atoms with Crippen LogP contribution in [-0.2, 0) is 10.0 Å². The van der Waals surface area contributed by atoms with Gasteiger partial charge in [0, 0.05) is 43.6 Å². The lowest BCUT2D eigenvalue weighted by molar-refractivity contribution is 0.433. The summed E-state index contributed by atoms with van der Waals surface area (Å²) in [5.41, 5.74) is 1.82. The second-order valence-electron chi connectivity index (χ2n) is 6.49. The SMILES string of the molecule is O=S(=O)(c1ccc2cc[nH]c2c1)N1CCCN(c2ccc(O)cc2)CC1. The molecule has 0 unspecified atom stereocenters. The molecule has 0 bridgehead atoms. The highest BCUT2D eigenvalue weighted by Gasteiger charge is 2.27. The number of hydrogen-bond donors (Lipinski definition) is 2. The number of aromatic amines is 1. The molecule has 1 aliphatic heterocycles. The molecule has 1 saturated heterocycles. The first-order valence-corrected chi connectivity index (χ1v) is 10.1. The van der Waals surface area contributed by atoms with Crippen molar-refractivity contribution >= 4 is 26.6 Å². The number of benzene rings is 2. The molecule has 1 aliphatic rings. The summed E-state index contributed by atoms with van der Waals surface area (Å²) in [5.74, 6) is 0.229. The van der Waals surface area contributed by atoms with Crippen molar-refractivity contribution in [2.45, 2.75) is 11.3 Å². The number of anilines is 1. The predicted molar refractivity (Wildman–Crippen MR) is 102 cm³/mol. The number of fused-ring (bicyclic) bond motifs is 1. The Balaban J connectivity index is 1.54. The van der Waals surface area contributed by atoms with Crippen LogP contribution in [0.4, 0.5) is 5.69 Å². The average Bonchev–Trinajstić information content (AvgIpc) is 2.96. The van der Waals surface area contributed by atoms with E-state index >= 15 is 0 Å². The van der Waals surface area contributed by atoms with Crippen molar-refractivity contribution < 1.29 is 13.5 Å². The fourth-order valence-corrected chi connectivity index (χ4v) is 4.89. The van der Waals surface area contributed by atoms with E-state index in [1.54, 1.807) is 28.6 Å². The third kappa shape index (κ3) is 3.15. The van der Waals surface area contributed by atoms with Gasteiger partial charge in [0.25, 0.3) is 0 Å². The normalized spacial score (nSPS) is 16.7. The third-order valence-electron chi connectivity index (χ3n) is 4.83. The maximum Gasteiger partial charge on any atom is 0.243 e. The van der Waals surface area contributed by atoms with Gasteiger partial charge in [0.2, 0.25) is 10.0 Å². The van der Waals surface area contributed by atoms with Crippen LogP contribution in [0.3, 0.4) is 0 Å². The van der Waals surface area contributed by atoms with E-state index in [1.165, 1.54) is 0 Å². The molecule has 26 heavy (non-hydrogen) atoms. The molecular formula is C19H21N3O3S. The Labute approximate surface area is 152 Å². The van der Waals surface area contributed by atoms with E-state index in [-0.39, 0.29) is 5.75 Å². The van der Waals surface area contributed by atoms with Crippen LogP contribution < -0.4 is 4.90 Å². The summed E-state index contributed by atoms with van der Waals surface area (Å²) in [5, 5.41) is 10.4. The molecule has 7 heteroatoms. The minimum atomic E-state index is -3.52. The highest BCUT2D eigenvalue weighted by molar-refractivity contribution is 7.89. The second-order valence-corrected chi connectivity index (χ2v) is 8.43. The zero-order chi connectivity index (χ0) is 18.1. The quantitative estimate of drug-likeness (QED) is 0.742. The van der Waals surface area contributed by atoms with Crippen LogP contribution in [0.2, 0.25) is 0 Å². The van der Waals surface area contributed by atoms with Gasteiger partial charge in [0.15, 0.2) is 0 Å². The summed E-state index contributed by atoms with van der Waals surface area (Å²) in [7, 11) is -3.52. The maximum atomic E-state index is 13.1. The molecule has 6 nitrogen and oxygen atoms in total. The minimum absolute atomic E-state index is 0.229. The number of H-pyrrole nitrogens is 1. The van der Waals surface area contributed by atoms with E-state index in [0.717, 1.165) is 29.6 Å².